The van der Waals surface area contributed by atoms with E-state index < -0.39 is 0 Å². The first-order chi connectivity index (χ1) is 4.55. The molecule has 1 rings (SSSR count). The van der Waals surface area contributed by atoms with Crippen LogP contribution in [0.2, 0.25) is 0 Å². The fraction of sp³-hybridized carbons (Fsp3) is 1.00. The van der Waals surface area contributed by atoms with Crippen LogP contribution in [0.15, 0.2) is 0 Å². The molecule has 0 aliphatic carbocycles. The van der Waals surface area contributed by atoms with Gasteiger partial charge in [0.15, 0.2) is 0 Å². The lowest BCUT2D eigenvalue weighted by atomic mass is 10.1. The second-order valence-electron chi connectivity index (χ2n) is 3.29. The third-order valence-electron chi connectivity index (χ3n) is 1.71. The zero-order chi connectivity index (χ0) is 7.78. The van der Waals surface area contributed by atoms with Gasteiger partial charge in [0.25, 0.3) is 0 Å². The van der Waals surface area contributed by atoms with Crippen LogP contribution >= 0.6 is 23.2 Å². The van der Waals surface area contributed by atoms with Crippen molar-refractivity contribution < 1.29 is 4.74 Å². The standard InChI is InChI=1S/C7H12Cl2O/c1-7(2)3-5(9)6(4-8)10-7/h5-6H,3-4H2,1-2H3. The Morgan fingerprint density at radius 3 is 2.40 bits per heavy atom. The van der Waals surface area contributed by atoms with Crippen LogP contribution in [-0.2, 0) is 4.74 Å². The molecule has 0 aromatic carbocycles. The van der Waals surface area contributed by atoms with Crippen molar-refractivity contribution in [2.24, 2.45) is 0 Å². The van der Waals surface area contributed by atoms with Crippen LogP contribution in [0.5, 0.6) is 0 Å². The van der Waals surface area contributed by atoms with Gasteiger partial charge >= 0.3 is 0 Å². The van der Waals surface area contributed by atoms with Crippen molar-refractivity contribution in [1.29, 1.82) is 0 Å². The highest BCUT2D eigenvalue weighted by atomic mass is 35.5. The van der Waals surface area contributed by atoms with Gasteiger partial charge in [-0.05, 0) is 20.3 Å². The molecule has 1 nitrogen and oxygen atoms in total. The maximum atomic E-state index is 5.95. The Morgan fingerprint density at radius 1 is 1.60 bits per heavy atom. The summed E-state index contributed by atoms with van der Waals surface area (Å²) in [6.45, 7) is 4.07. The quantitative estimate of drug-likeness (QED) is 0.567. The van der Waals surface area contributed by atoms with Gasteiger partial charge in [0.1, 0.15) is 0 Å². The Balaban J connectivity index is 2.52. The van der Waals surface area contributed by atoms with Gasteiger partial charge in [0, 0.05) is 0 Å². The highest BCUT2D eigenvalue weighted by Crippen LogP contribution is 2.33. The van der Waals surface area contributed by atoms with E-state index in [9.17, 15) is 0 Å². The minimum atomic E-state index is -0.0774. The third kappa shape index (κ3) is 1.77. The van der Waals surface area contributed by atoms with E-state index in [2.05, 4.69) is 0 Å². The Bertz CT molecular complexity index is 125. The lowest BCUT2D eigenvalue weighted by Crippen LogP contribution is -2.21. The van der Waals surface area contributed by atoms with Crippen LogP contribution in [0.25, 0.3) is 0 Å². The molecule has 3 heteroatoms. The molecular formula is C7H12Cl2O. The predicted molar refractivity (Wildman–Crippen MR) is 43.9 cm³/mol. The largest absolute Gasteiger partial charge is 0.370 e. The Hall–Kier alpha value is 0.540. The molecule has 1 aliphatic heterocycles. The summed E-state index contributed by atoms with van der Waals surface area (Å²) in [6, 6.07) is 0. The van der Waals surface area contributed by atoms with Gasteiger partial charge in [-0.1, -0.05) is 0 Å². The maximum Gasteiger partial charge on any atom is 0.0881 e. The summed E-state index contributed by atoms with van der Waals surface area (Å²) in [4.78, 5) is 0. The number of halogens is 2. The van der Waals surface area contributed by atoms with Gasteiger partial charge in [0.2, 0.25) is 0 Å². The molecule has 0 amide bonds. The van der Waals surface area contributed by atoms with E-state index in [4.69, 9.17) is 27.9 Å². The van der Waals surface area contributed by atoms with Crippen molar-refractivity contribution >= 4 is 23.2 Å². The molecule has 1 heterocycles. The highest BCUT2D eigenvalue weighted by molar-refractivity contribution is 6.23. The molecule has 1 fully saturated rings. The molecule has 0 aromatic rings. The summed E-state index contributed by atoms with van der Waals surface area (Å²) >= 11 is 11.6. The Kier molecular flexibility index (Phi) is 2.49. The number of hydrogen-bond donors (Lipinski definition) is 0. The zero-order valence-corrected chi connectivity index (χ0v) is 7.74. The first-order valence-corrected chi connectivity index (χ1v) is 4.40. The summed E-state index contributed by atoms with van der Waals surface area (Å²) < 4.78 is 5.55. The van der Waals surface area contributed by atoms with E-state index in [1.807, 2.05) is 13.8 Å². The second-order valence-corrected chi connectivity index (χ2v) is 4.16. The molecular weight excluding hydrogens is 171 g/mol. The van der Waals surface area contributed by atoms with E-state index >= 15 is 0 Å². The van der Waals surface area contributed by atoms with Crippen LogP contribution < -0.4 is 0 Å². The first kappa shape index (κ1) is 8.63. The molecule has 0 N–H and O–H groups in total. The number of rotatable bonds is 1. The summed E-state index contributed by atoms with van der Waals surface area (Å²) in [5, 5.41) is 0.0903. The first-order valence-electron chi connectivity index (χ1n) is 3.43. The summed E-state index contributed by atoms with van der Waals surface area (Å²) in [6.07, 6.45) is 0.935. The van der Waals surface area contributed by atoms with Gasteiger partial charge in [-0.15, -0.1) is 23.2 Å². The van der Waals surface area contributed by atoms with Crippen molar-refractivity contribution in [1.82, 2.24) is 0 Å². The minimum absolute atomic E-state index is 0.0401. The Morgan fingerprint density at radius 2 is 2.20 bits per heavy atom. The highest BCUT2D eigenvalue weighted by Gasteiger charge is 2.38. The molecule has 2 atom stereocenters. The van der Waals surface area contributed by atoms with E-state index in [1.54, 1.807) is 0 Å². The van der Waals surface area contributed by atoms with E-state index in [0.717, 1.165) is 6.42 Å². The summed E-state index contributed by atoms with van der Waals surface area (Å²) in [5.41, 5.74) is -0.0774. The maximum absolute atomic E-state index is 5.95. The molecule has 0 saturated carbocycles. The van der Waals surface area contributed by atoms with Crippen molar-refractivity contribution in [3.8, 4) is 0 Å². The van der Waals surface area contributed by atoms with E-state index in [-0.39, 0.29) is 17.1 Å². The molecule has 1 saturated heterocycles. The fourth-order valence-electron chi connectivity index (χ4n) is 1.26. The zero-order valence-electron chi connectivity index (χ0n) is 6.23. The SMILES string of the molecule is CC1(C)CC(Cl)C(CCl)O1. The molecule has 10 heavy (non-hydrogen) atoms. The van der Waals surface area contributed by atoms with Gasteiger partial charge in [0.05, 0.1) is 23.0 Å². The topological polar surface area (TPSA) is 9.23 Å². The van der Waals surface area contributed by atoms with Crippen molar-refractivity contribution in [3.63, 3.8) is 0 Å². The van der Waals surface area contributed by atoms with Gasteiger partial charge in [-0.25, -0.2) is 0 Å². The van der Waals surface area contributed by atoms with Crippen LogP contribution in [0, 0.1) is 0 Å². The molecule has 2 unspecified atom stereocenters. The smallest absolute Gasteiger partial charge is 0.0881 e. The summed E-state index contributed by atoms with van der Waals surface area (Å²) in [7, 11) is 0. The number of alkyl halides is 2. The minimum Gasteiger partial charge on any atom is -0.370 e. The molecule has 1 aliphatic rings. The average Bonchev–Trinajstić information content (AvgIpc) is 2.05. The molecule has 0 aromatic heterocycles. The monoisotopic (exact) mass is 182 g/mol. The second kappa shape index (κ2) is 2.88. The Labute approximate surface area is 71.6 Å². The van der Waals surface area contributed by atoms with Gasteiger partial charge in [-0.2, -0.15) is 0 Å². The van der Waals surface area contributed by atoms with Gasteiger partial charge in [-0.3, -0.25) is 0 Å². The number of hydrogen-bond acceptors (Lipinski definition) is 1. The predicted octanol–water partition coefficient (Wildman–Crippen LogP) is 2.40. The average molecular weight is 183 g/mol. The molecule has 0 radical (unpaired) electrons. The molecule has 0 spiro atoms. The van der Waals surface area contributed by atoms with Crippen molar-refractivity contribution in [3.05, 3.63) is 0 Å². The van der Waals surface area contributed by atoms with Crippen molar-refractivity contribution in [2.75, 3.05) is 5.88 Å². The fourth-order valence-corrected chi connectivity index (χ4v) is 2.14. The normalized spacial score (nSPS) is 38.4. The molecule has 60 valence electrons. The lowest BCUT2D eigenvalue weighted by molar-refractivity contribution is -0.00490. The number of ether oxygens (including phenoxy) is 1. The van der Waals surface area contributed by atoms with Crippen LogP contribution in [0.3, 0.4) is 0 Å². The molecule has 0 bridgehead atoms. The van der Waals surface area contributed by atoms with Crippen molar-refractivity contribution in [2.45, 2.75) is 37.4 Å². The van der Waals surface area contributed by atoms with E-state index in [1.165, 1.54) is 0 Å². The lowest BCUT2D eigenvalue weighted by Gasteiger charge is -2.17. The third-order valence-corrected chi connectivity index (χ3v) is 2.45. The summed E-state index contributed by atoms with van der Waals surface area (Å²) in [5.74, 6) is 0.498. The van der Waals surface area contributed by atoms with Crippen LogP contribution in [-0.4, -0.2) is 23.0 Å². The van der Waals surface area contributed by atoms with E-state index in [0.29, 0.717) is 5.88 Å². The van der Waals surface area contributed by atoms with Crippen LogP contribution in [0.4, 0.5) is 0 Å². The van der Waals surface area contributed by atoms with Crippen LogP contribution in [0.1, 0.15) is 20.3 Å². The van der Waals surface area contributed by atoms with Gasteiger partial charge < -0.3 is 4.74 Å².